The molecule has 0 bridgehead atoms. The van der Waals surface area contributed by atoms with Crippen LogP contribution in [0.15, 0.2) is 41.2 Å². The van der Waals surface area contributed by atoms with Crippen molar-refractivity contribution in [2.75, 3.05) is 0 Å². The van der Waals surface area contributed by atoms with Crippen molar-refractivity contribution in [2.45, 2.75) is 19.5 Å². The van der Waals surface area contributed by atoms with Crippen molar-refractivity contribution in [1.82, 2.24) is 5.32 Å². The summed E-state index contributed by atoms with van der Waals surface area (Å²) < 4.78 is 31.0. The van der Waals surface area contributed by atoms with Crippen LogP contribution in [-0.2, 0) is 6.54 Å². The molecule has 0 aliphatic heterocycles. The zero-order valence-corrected chi connectivity index (χ0v) is 9.41. The van der Waals surface area contributed by atoms with Crippen molar-refractivity contribution < 1.29 is 13.2 Å². The molecule has 0 spiro atoms. The van der Waals surface area contributed by atoms with E-state index in [1.54, 1.807) is 12.5 Å². The first-order valence-electron chi connectivity index (χ1n) is 5.35. The fourth-order valence-electron chi connectivity index (χ4n) is 1.61. The molecule has 1 atom stereocenters. The molecule has 1 unspecified atom stereocenters. The maximum Gasteiger partial charge on any atom is 0.126 e. The van der Waals surface area contributed by atoms with E-state index in [-0.39, 0.29) is 6.04 Å². The van der Waals surface area contributed by atoms with E-state index in [1.807, 2.05) is 13.0 Å². The van der Waals surface area contributed by atoms with Crippen molar-refractivity contribution in [3.05, 3.63) is 59.6 Å². The summed E-state index contributed by atoms with van der Waals surface area (Å²) in [6, 6.07) is 5.24. The van der Waals surface area contributed by atoms with Crippen LogP contribution >= 0.6 is 0 Å². The molecular formula is C13H13F2NO. The zero-order valence-electron chi connectivity index (χ0n) is 9.41. The van der Waals surface area contributed by atoms with Gasteiger partial charge in [0.15, 0.2) is 0 Å². The molecule has 2 nitrogen and oxygen atoms in total. The van der Waals surface area contributed by atoms with Crippen LogP contribution in [0.2, 0.25) is 0 Å². The van der Waals surface area contributed by atoms with E-state index in [0.29, 0.717) is 12.1 Å². The van der Waals surface area contributed by atoms with E-state index in [2.05, 4.69) is 5.32 Å². The van der Waals surface area contributed by atoms with Gasteiger partial charge in [-0.25, -0.2) is 8.78 Å². The van der Waals surface area contributed by atoms with Crippen LogP contribution < -0.4 is 5.32 Å². The van der Waals surface area contributed by atoms with Gasteiger partial charge in [0.2, 0.25) is 0 Å². The minimum atomic E-state index is -0.558. The lowest BCUT2D eigenvalue weighted by Gasteiger charge is -2.13. The number of nitrogens with one attached hydrogen (secondary N) is 1. The number of hydrogen-bond donors (Lipinski definition) is 1. The first-order valence-corrected chi connectivity index (χ1v) is 5.35. The third-order valence-corrected chi connectivity index (χ3v) is 2.58. The summed E-state index contributed by atoms with van der Waals surface area (Å²) in [6.07, 6.45) is 3.22. The van der Waals surface area contributed by atoms with Crippen molar-refractivity contribution in [2.24, 2.45) is 0 Å². The smallest absolute Gasteiger partial charge is 0.126 e. The predicted octanol–water partition coefficient (Wildman–Crippen LogP) is 3.41. The molecule has 0 aliphatic rings. The summed E-state index contributed by atoms with van der Waals surface area (Å²) in [4.78, 5) is 0. The number of halogens is 2. The third-order valence-electron chi connectivity index (χ3n) is 2.58. The minimum absolute atomic E-state index is 0.130. The molecule has 90 valence electrons. The van der Waals surface area contributed by atoms with E-state index in [0.717, 1.165) is 11.6 Å². The van der Waals surface area contributed by atoms with Crippen LogP contribution in [0.1, 0.15) is 24.1 Å². The van der Waals surface area contributed by atoms with Gasteiger partial charge in [0, 0.05) is 24.2 Å². The molecule has 1 N–H and O–H groups in total. The summed E-state index contributed by atoms with van der Waals surface area (Å²) in [5.74, 6) is -1.12. The monoisotopic (exact) mass is 237 g/mol. The van der Waals surface area contributed by atoms with Gasteiger partial charge in [0.25, 0.3) is 0 Å². The lowest BCUT2D eigenvalue weighted by atomic mass is 10.1. The topological polar surface area (TPSA) is 25.2 Å². The van der Waals surface area contributed by atoms with Gasteiger partial charge in [-0.05, 0) is 30.7 Å². The van der Waals surface area contributed by atoms with Crippen molar-refractivity contribution in [3.8, 4) is 0 Å². The first-order chi connectivity index (χ1) is 8.15. The van der Waals surface area contributed by atoms with Crippen LogP contribution in [0.4, 0.5) is 8.78 Å². The molecule has 1 aromatic heterocycles. The highest BCUT2D eigenvalue weighted by molar-refractivity contribution is 5.21. The fourth-order valence-corrected chi connectivity index (χ4v) is 1.61. The van der Waals surface area contributed by atoms with Crippen LogP contribution in [-0.4, -0.2) is 0 Å². The van der Waals surface area contributed by atoms with E-state index in [9.17, 15) is 8.78 Å². The first kappa shape index (κ1) is 11.8. The highest BCUT2D eigenvalue weighted by atomic mass is 19.1. The predicted molar refractivity (Wildman–Crippen MR) is 60.3 cm³/mol. The molecule has 0 aliphatic carbocycles. The van der Waals surface area contributed by atoms with Crippen LogP contribution in [0.25, 0.3) is 0 Å². The molecule has 2 aromatic rings. The molecule has 0 saturated carbocycles. The van der Waals surface area contributed by atoms with Gasteiger partial charge in [-0.2, -0.15) is 0 Å². The van der Waals surface area contributed by atoms with Gasteiger partial charge in [-0.1, -0.05) is 0 Å². The van der Waals surface area contributed by atoms with Crippen LogP contribution in [0.3, 0.4) is 0 Å². The van der Waals surface area contributed by atoms with Gasteiger partial charge < -0.3 is 9.73 Å². The summed E-state index contributed by atoms with van der Waals surface area (Å²) in [6.45, 7) is 2.45. The summed E-state index contributed by atoms with van der Waals surface area (Å²) in [5.41, 5.74) is 1.58. The minimum Gasteiger partial charge on any atom is -0.472 e. The van der Waals surface area contributed by atoms with Crippen LogP contribution in [0.5, 0.6) is 0 Å². The Morgan fingerprint density at radius 1 is 1.24 bits per heavy atom. The highest BCUT2D eigenvalue weighted by Gasteiger charge is 2.08. The lowest BCUT2D eigenvalue weighted by molar-refractivity contribution is 0.535. The summed E-state index contributed by atoms with van der Waals surface area (Å²) in [5, 5.41) is 3.16. The van der Waals surface area contributed by atoms with E-state index < -0.39 is 11.6 Å². The number of rotatable bonds is 4. The van der Waals surface area contributed by atoms with Gasteiger partial charge in [-0.15, -0.1) is 0 Å². The molecule has 0 amide bonds. The Labute approximate surface area is 98.3 Å². The normalized spacial score (nSPS) is 12.6. The Morgan fingerprint density at radius 2 is 1.94 bits per heavy atom. The Bertz CT molecular complexity index is 462. The summed E-state index contributed by atoms with van der Waals surface area (Å²) in [7, 11) is 0. The van der Waals surface area contributed by atoms with E-state index >= 15 is 0 Å². The number of furan rings is 1. The second-order valence-electron chi connectivity index (χ2n) is 3.94. The van der Waals surface area contributed by atoms with Crippen LogP contribution in [0, 0.1) is 11.6 Å². The standard InChI is InChI=1S/C13H13F2NO/c1-9(16-7-10-2-3-17-8-10)11-4-12(14)6-13(15)5-11/h2-6,8-9,16H,7H2,1H3. The average molecular weight is 237 g/mol. The molecule has 0 fully saturated rings. The maximum absolute atomic E-state index is 13.0. The van der Waals surface area contributed by atoms with Gasteiger partial charge >= 0.3 is 0 Å². The SMILES string of the molecule is CC(NCc1ccoc1)c1cc(F)cc(F)c1. The maximum atomic E-state index is 13.0. The third kappa shape index (κ3) is 3.14. The van der Waals surface area contributed by atoms with Gasteiger partial charge in [0.05, 0.1) is 12.5 Å². The lowest BCUT2D eigenvalue weighted by Crippen LogP contribution is -2.18. The largest absolute Gasteiger partial charge is 0.472 e. The molecule has 2 rings (SSSR count). The molecule has 4 heteroatoms. The highest BCUT2D eigenvalue weighted by Crippen LogP contribution is 2.16. The van der Waals surface area contributed by atoms with Crippen molar-refractivity contribution in [3.63, 3.8) is 0 Å². The van der Waals surface area contributed by atoms with Crippen molar-refractivity contribution in [1.29, 1.82) is 0 Å². The molecule has 1 aromatic carbocycles. The zero-order chi connectivity index (χ0) is 12.3. The fraction of sp³-hybridized carbons (Fsp3) is 0.231. The van der Waals surface area contributed by atoms with Gasteiger partial charge in [-0.3, -0.25) is 0 Å². The van der Waals surface area contributed by atoms with Gasteiger partial charge in [0.1, 0.15) is 11.6 Å². The number of hydrogen-bond acceptors (Lipinski definition) is 2. The van der Waals surface area contributed by atoms with Crippen molar-refractivity contribution >= 4 is 0 Å². The molecular weight excluding hydrogens is 224 g/mol. The molecule has 0 radical (unpaired) electrons. The average Bonchev–Trinajstić information content (AvgIpc) is 2.77. The second kappa shape index (κ2) is 5.10. The molecule has 1 heterocycles. The van der Waals surface area contributed by atoms with E-state index in [1.165, 1.54) is 12.1 Å². The Kier molecular flexibility index (Phi) is 3.54. The molecule has 17 heavy (non-hydrogen) atoms. The summed E-state index contributed by atoms with van der Waals surface area (Å²) >= 11 is 0. The Hall–Kier alpha value is -1.68. The Balaban J connectivity index is 2.01. The molecule has 0 saturated heterocycles. The Morgan fingerprint density at radius 3 is 2.53 bits per heavy atom. The van der Waals surface area contributed by atoms with E-state index in [4.69, 9.17) is 4.42 Å². The number of benzene rings is 1. The second-order valence-corrected chi connectivity index (χ2v) is 3.94. The quantitative estimate of drug-likeness (QED) is 0.881.